The van der Waals surface area contributed by atoms with Crippen molar-refractivity contribution in [2.75, 3.05) is 26.8 Å². The van der Waals surface area contributed by atoms with Crippen LogP contribution in [0.15, 0.2) is 36.5 Å². The molecule has 1 atom stereocenters. The summed E-state index contributed by atoms with van der Waals surface area (Å²) in [5, 5.41) is 1.12. The summed E-state index contributed by atoms with van der Waals surface area (Å²) in [5.41, 5.74) is 1.21. The molecule has 0 saturated carbocycles. The number of hydrogen-bond donors (Lipinski definition) is 0. The molecule has 1 unspecified atom stereocenters. The Balaban J connectivity index is 1.61. The van der Waals surface area contributed by atoms with Crippen LogP contribution >= 0.6 is 11.3 Å². The second kappa shape index (κ2) is 6.48. The number of methoxy groups -OCH3 is 1. The van der Waals surface area contributed by atoms with Crippen molar-refractivity contribution >= 4 is 11.3 Å². The van der Waals surface area contributed by atoms with Crippen molar-refractivity contribution in [3.8, 4) is 10.6 Å². The first-order chi connectivity index (χ1) is 9.85. The summed E-state index contributed by atoms with van der Waals surface area (Å²) in [5.74, 6) is 0.696. The first-order valence-corrected chi connectivity index (χ1v) is 7.88. The normalized spacial score (nSPS) is 19.6. The zero-order valence-electron chi connectivity index (χ0n) is 11.8. The predicted molar refractivity (Wildman–Crippen MR) is 82.8 cm³/mol. The quantitative estimate of drug-likeness (QED) is 0.844. The van der Waals surface area contributed by atoms with Crippen LogP contribution in [0.5, 0.6) is 0 Å². The predicted octanol–water partition coefficient (Wildman–Crippen LogP) is 3.28. The van der Waals surface area contributed by atoms with Gasteiger partial charge in [-0.3, -0.25) is 4.90 Å². The first-order valence-electron chi connectivity index (χ1n) is 7.06. The molecule has 0 bridgehead atoms. The Bertz CT molecular complexity index is 540. The number of benzene rings is 1. The number of aromatic nitrogens is 1. The number of thiazole rings is 1. The molecule has 1 aliphatic rings. The molecule has 20 heavy (non-hydrogen) atoms. The van der Waals surface area contributed by atoms with Crippen molar-refractivity contribution in [1.82, 2.24) is 9.88 Å². The molecule has 1 aromatic heterocycles. The van der Waals surface area contributed by atoms with Gasteiger partial charge in [0.25, 0.3) is 0 Å². The van der Waals surface area contributed by atoms with Gasteiger partial charge in [0.1, 0.15) is 5.01 Å². The Labute approximate surface area is 124 Å². The SMILES string of the molecule is COCC1CCN(Cc2cnc(-c3ccccc3)s2)C1. The van der Waals surface area contributed by atoms with E-state index in [0.29, 0.717) is 5.92 Å². The van der Waals surface area contributed by atoms with Gasteiger partial charge in [0.15, 0.2) is 0 Å². The highest BCUT2D eigenvalue weighted by atomic mass is 32.1. The van der Waals surface area contributed by atoms with Crippen LogP contribution in [0.3, 0.4) is 0 Å². The molecule has 4 heteroatoms. The summed E-state index contributed by atoms with van der Waals surface area (Å²) in [4.78, 5) is 8.41. The van der Waals surface area contributed by atoms with Gasteiger partial charge < -0.3 is 4.74 Å². The summed E-state index contributed by atoms with van der Waals surface area (Å²) in [6.45, 7) is 4.22. The molecule has 2 heterocycles. The van der Waals surface area contributed by atoms with Crippen molar-refractivity contribution < 1.29 is 4.74 Å². The molecule has 106 valence electrons. The number of rotatable bonds is 5. The van der Waals surface area contributed by atoms with Crippen LogP contribution in [0.4, 0.5) is 0 Å². The smallest absolute Gasteiger partial charge is 0.123 e. The van der Waals surface area contributed by atoms with E-state index in [9.17, 15) is 0 Å². The lowest BCUT2D eigenvalue weighted by Gasteiger charge is -2.14. The van der Waals surface area contributed by atoms with Crippen LogP contribution in [-0.2, 0) is 11.3 Å². The van der Waals surface area contributed by atoms with E-state index in [2.05, 4.69) is 34.1 Å². The zero-order chi connectivity index (χ0) is 13.8. The Kier molecular flexibility index (Phi) is 4.45. The van der Waals surface area contributed by atoms with Crippen LogP contribution in [0.1, 0.15) is 11.3 Å². The molecule has 0 aliphatic carbocycles. The summed E-state index contributed by atoms with van der Waals surface area (Å²) >= 11 is 1.80. The van der Waals surface area contributed by atoms with E-state index in [1.807, 2.05) is 12.3 Å². The summed E-state index contributed by atoms with van der Waals surface area (Å²) in [6.07, 6.45) is 3.27. The summed E-state index contributed by atoms with van der Waals surface area (Å²) in [7, 11) is 1.79. The van der Waals surface area contributed by atoms with E-state index in [-0.39, 0.29) is 0 Å². The van der Waals surface area contributed by atoms with Gasteiger partial charge in [0.2, 0.25) is 0 Å². The number of nitrogens with zero attached hydrogens (tertiary/aromatic N) is 2. The maximum Gasteiger partial charge on any atom is 0.123 e. The topological polar surface area (TPSA) is 25.4 Å². The zero-order valence-corrected chi connectivity index (χ0v) is 12.6. The van der Waals surface area contributed by atoms with Gasteiger partial charge in [0.05, 0.1) is 6.61 Å². The summed E-state index contributed by atoms with van der Waals surface area (Å²) < 4.78 is 5.25. The molecule has 1 fully saturated rings. The number of hydrogen-bond acceptors (Lipinski definition) is 4. The molecule has 3 nitrogen and oxygen atoms in total. The molecule has 1 aliphatic heterocycles. The lowest BCUT2D eigenvalue weighted by atomic mass is 10.1. The van der Waals surface area contributed by atoms with Crippen molar-refractivity contribution in [2.45, 2.75) is 13.0 Å². The highest BCUT2D eigenvalue weighted by molar-refractivity contribution is 7.15. The minimum absolute atomic E-state index is 0.696. The molecule has 3 rings (SSSR count). The van der Waals surface area contributed by atoms with E-state index in [4.69, 9.17) is 4.74 Å². The lowest BCUT2D eigenvalue weighted by Crippen LogP contribution is -2.20. The second-order valence-electron chi connectivity index (χ2n) is 5.34. The molecule has 1 aromatic carbocycles. The van der Waals surface area contributed by atoms with Crippen molar-refractivity contribution in [3.63, 3.8) is 0 Å². The fourth-order valence-corrected chi connectivity index (χ4v) is 3.70. The number of likely N-dealkylation sites (tertiary alicyclic amines) is 1. The third-order valence-electron chi connectivity index (χ3n) is 3.73. The van der Waals surface area contributed by atoms with E-state index >= 15 is 0 Å². The van der Waals surface area contributed by atoms with Gasteiger partial charge in [-0.2, -0.15) is 0 Å². The van der Waals surface area contributed by atoms with Crippen LogP contribution in [0.2, 0.25) is 0 Å². The van der Waals surface area contributed by atoms with Gasteiger partial charge >= 0.3 is 0 Å². The lowest BCUT2D eigenvalue weighted by molar-refractivity contribution is 0.153. The Hall–Kier alpha value is -1.23. The monoisotopic (exact) mass is 288 g/mol. The minimum atomic E-state index is 0.696. The van der Waals surface area contributed by atoms with E-state index in [1.54, 1.807) is 18.4 Å². The first kappa shape index (κ1) is 13.7. The molecule has 1 saturated heterocycles. The van der Waals surface area contributed by atoms with Crippen LogP contribution in [0.25, 0.3) is 10.6 Å². The molecule has 0 spiro atoms. The van der Waals surface area contributed by atoms with Crippen molar-refractivity contribution in [2.24, 2.45) is 5.92 Å². The van der Waals surface area contributed by atoms with Crippen LogP contribution in [-0.4, -0.2) is 36.7 Å². The molecule has 0 radical (unpaired) electrons. The van der Waals surface area contributed by atoms with Crippen molar-refractivity contribution in [3.05, 3.63) is 41.4 Å². The third-order valence-corrected chi connectivity index (χ3v) is 4.76. The maximum absolute atomic E-state index is 5.25. The molecular formula is C16H20N2OS. The molecule has 0 N–H and O–H groups in total. The Morgan fingerprint density at radius 2 is 2.20 bits per heavy atom. The highest BCUT2D eigenvalue weighted by Gasteiger charge is 2.22. The van der Waals surface area contributed by atoms with Gasteiger partial charge in [-0.05, 0) is 18.9 Å². The number of ether oxygens (including phenoxy) is 1. The average molecular weight is 288 g/mol. The standard InChI is InChI=1S/C16H20N2OS/c1-19-12-13-7-8-18(10-13)11-15-9-17-16(20-15)14-5-3-2-4-6-14/h2-6,9,13H,7-8,10-12H2,1H3. The molecule has 2 aromatic rings. The largest absolute Gasteiger partial charge is 0.384 e. The van der Waals surface area contributed by atoms with E-state index in [0.717, 1.165) is 24.7 Å². The Morgan fingerprint density at radius 3 is 3.00 bits per heavy atom. The fourth-order valence-electron chi connectivity index (χ4n) is 2.74. The highest BCUT2D eigenvalue weighted by Crippen LogP contribution is 2.27. The van der Waals surface area contributed by atoms with Gasteiger partial charge in [-0.1, -0.05) is 30.3 Å². The maximum atomic E-state index is 5.25. The average Bonchev–Trinajstić information content (AvgIpc) is 3.11. The van der Waals surface area contributed by atoms with Crippen LogP contribution in [0, 0.1) is 5.92 Å². The molecular weight excluding hydrogens is 268 g/mol. The van der Waals surface area contributed by atoms with Gasteiger partial charge in [0, 0.05) is 36.8 Å². The minimum Gasteiger partial charge on any atom is -0.384 e. The molecule has 0 amide bonds. The van der Waals surface area contributed by atoms with E-state index in [1.165, 1.54) is 23.4 Å². The second-order valence-corrected chi connectivity index (χ2v) is 6.46. The van der Waals surface area contributed by atoms with E-state index < -0.39 is 0 Å². The van der Waals surface area contributed by atoms with Crippen LogP contribution < -0.4 is 0 Å². The fraction of sp³-hybridized carbons (Fsp3) is 0.438. The van der Waals surface area contributed by atoms with Gasteiger partial charge in [-0.15, -0.1) is 11.3 Å². The Morgan fingerprint density at radius 1 is 1.35 bits per heavy atom. The van der Waals surface area contributed by atoms with Gasteiger partial charge in [-0.25, -0.2) is 4.98 Å². The van der Waals surface area contributed by atoms with Crippen molar-refractivity contribution in [1.29, 1.82) is 0 Å². The summed E-state index contributed by atoms with van der Waals surface area (Å²) in [6, 6.07) is 10.4. The third kappa shape index (κ3) is 3.26.